The molecule has 1 nitrogen and oxygen atoms in total. The third-order valence-corrected chi connectivity index (χ3v) is 2.72. The summed E-state index contributed by atoms with van der Waals surface area (Å²) in [5, 5.41) is 3.54. The molecule has 0 radical (unpaired) electrons. The maximum absolute atomic E-state index is 12.8. The summed E-state index contributed by atoms with van der Waals surface area (Å²) in [6, 6.07) is 7.36. The molecular weight excluding hydrogens is 201 g/mol. The average Bonchev–Trinajstić information content (AvgIpc) is 2.29. The highest BCUT2D eigenvalue weighted by atomic mass is 19.1. The summed E-state index contributed by atoms with van der Waals surface area (Å²) < 4.78 is 12.8. The predicted octanol–water partition coefficient (Wildman–Crippen LogP) is 3.54. The molecule has 0 saturated carbocycles. The van der Waals surface area contributed by atoms with Crippen LogP contribution >= 0.6 is 0 Å². The van der Waals surface area contributed by atoms with Gasteiger partial charge >= 0.3 is 0 Å². The van der Waals surface area contributed by atoms with Crippen LogP contribution in [0.1, 0.15) is 38.7 Å². The Morgan fingerprint density at radius 2 is 1.81 bits per heavy atom. The van der Waals surface area contributed by atoms with Crippen LogP contribution in [0.3, 0.4) is 0 Å². The normalized spacial score (nSPS) is 12.7. The molecule has 90 valence electrons. The van der Waals surface area contributed by atoms with Crippen LogP contribution in [0.25, 0.3) is 0 Å². The summed E-state index contributed by atoms with van der Waals surface area (Å²) in [6.45, 7) is 5.44. The molecular formula is C14H22FN. The Morgan fingerprint density at radius 1 is 1.12 bits per heavy atom. The first-order chi connectivity index (χ1) is 7.76. The fourth-order valence-corrected chi connectivity index (χ4v) is 1.88. The van der Waals surface area contributed by atoms with Crippen molar-refractivity contribution in [2.24, 2.45) is 0 Å². The minimum atomic E-state index is -0.155. The molecule has 0 aliphatic rings. The summed E-state index contributed by atoms with van der Waals surface area (Å²) in [5.41, 5.74) is 1.21. The summed E-state index contributed by atoms with van der Waals surface area (Å²) in [6.07, 6.45) is 4.51. The van der Waals surface area contributed by atoms with Gasteiger partial charge in [-0.3, -0.25) is 0 Å². The molecule has 0 bridgehead atoms. The summed E-state index contributed by atoms with van der Waals surface area (Å²) in [5.74, 6) is -0.155. The zero-order valence-corrected chi connectivity index (χ0v) is 10.3. The Hall–Kier alpha value is -0.890. The van der Waals surface area contributed by atoms with Crippen molar-refractivity contribution < 1.29 is 4.39 Å². The second kappa shape index (κ2) is 7.39. The number of rotatable bonds is 7. The molecule has 1 aromatic carbocycles. The minimum absolute atomic E-state index is 0.155. The highest BCUT2D eigenvalue weighted by Crippen LogP contribution is 2.09. The summed E-state index contributed by atoms with van der Waals surface area (Å²) in [4.78, 5) is 0. The molecule has 16 heavy (non-hydrogen) atoms. The van der Waals surface area contributed by atoms with Crippen molar-refractivity contribution in [1.82, 2.24) is 5.32 Å². The lowest BCUT2D eigenvalue weighted by molar-refractivity contribution is 0.472. The van der Waals surface area contributed by atoms with Gasteiger partial charge in [0.05, 0.1) is 0 Å². The zero-order valence-electron chi connectivity index (χ0n) is 10.3. The van der Waals surface area contributed by atoms with E-state index in [9.17, 15) is 4.39 Å². The van der Waals surface area contributed by atoms with E-state index in [1.54, 1.807) is 0 Å². The molecule has 0 amide bonds. The third-order valence-electron chi connectivity index (χ3n) is 2.72. The van der Waals surface area contributed by atoms with E-state index in [1.165, 1.54) is 30.5 Å². The van der Waals surface area contributed by atoms with E-state index in [0.717, 1.165) is 19.4 Å². The van der Waals surface area contributed by atoms with Gasteiger partial charge in [-0.05, 0) is 43.5 Å². The molecule has 1 rings (SSSR count). The molecule has 1 atom stereocenters. The van der Waals surface area contributed by atoms with E-state index < -0.39 is 0 Å². The molecule has 1 aromatic rings. The van der Waals surface area contributed by atoms with E-state index in [2.05, 4.69) is 19.2 Å². The van der Waals surface area contributed by atoms with E-state index in [1.807, 2.05) is 12.1 Å². The molecule has 0 fully saturated rings. The molecule has 0 aromatic heterocycles. The van der Waals surface area contributed by atoms with Crippen molar-refractivity contribution in [3.05, 3.63) is 35.6 Å². The van der Waals surface area contributed by atoms with E-state index in [0.29, 0.717) is 6.04 Å². The van der Waals surface area contributed by atoms with Crippen LogP contribution in [-0.4, -0.2) is 12.6 Å². The predicted molar refractivity (Wildman–Crippen MR) is 67.1 cm³/mol. The number of nitrogens with one attached hydrogen (secondary N) is 1. The Balaban J connectivity index is 2.49. The number of hydrogen-bond acceptors (Lipinski definition) is 1. The van der Waals surface area contributed by atoms with Crippen LogP contribution in [0.15, 0.2) is 24.3 Å². The quantitative estimate of drug-likeness (QED) is 0.745. The second-order valence-corrected chi connectivity index (χ2v) is 4.27. The topological polar surface area (TPSA) is 12.0 Å². The lowest BCUT2D eigenvalue weighted by atomic mass is 10.0. The van der Waals surface area contributed by atoms with Crippen molar-refractivity contribution in [2.45, 2.75) is 45.6 Å². The number of hydrogen-bond donors (Lipinski definition) is 1. The van der Waals surface area contributed by atoms with Crippen molar-refractivity contribution in [1.29, 1.82) is 0 Å². The fourth-order valence-electron chi connectivity index (χ4n) is 1.88. The van der Waals surface area contributed by atoms with Crippen molar-refractivity contribution in [2.75, 3.05) is 6.54 Å². The molecule has 0 aliphatic carbocycles. The van der Waals surface area contributed by atoms with Crippen LogP contribution in [0.4, 0.5) is 4.39 Å². The largest absolute Gasteiger partial charge is 0.314 e. The average molecular weight is 223 g/mol. The highest BCUT2D eigenvalue weighted by Gasteiger charge is 2.07. The number of halogens is 1. The van der Waals surface area contributed by atoms with Gasteiger partial charge in [0.2, 0.25) is 0 Å². The molecule has 1 N–H and O–H groups in total. The third kappa shape index (κ3) is 4.75. The number of benzene rings is 1. The van der Waals surface area contributed by atoms with Crippen molar-refractivity contribution in [3.8, 4) is 0 Å². The standard InChI is InChI=1S/C14H22FN/c1-3-5-14(16-10-4-2)11-12-6-8-13(15)9-7-12/h6-9,14,16H,3-5,10-11H2,1-2H3. The first-order valence-electron chi connectivity index (χ1n) is 6.24. The maximum atomic E-state index is 12.8. The van der Waals surface area contributed by atoms with E-state index in [4.69, 9.17) is 0 Å². The second-order valence-electron chi connectivity index (χ2n) is 4.27. The highest BCUT2D eigenvalue weighted by molar-refractivity contribution is 5.17. The first kappa shape index (κ1) is 13.2. The van der Waals surface area contributed by atoms with Crippen LogP contribution in [-0.2, 0) is 6.42 Å². The molecule has 2 heteroatoms. The Kier molecular flexibility index (Phi) is 6.09. The molecule has 0 heterocycles. The van der Waals surface area contributed by atoms with Crippen LogP contribution < -0.4 is 5.32 Å². The Bertz CT molecular complexity index is 281. The maximum Gasteiger partial charge on any atom is 0.123 e. The van der Waals surface area contributed by atoms with Gasteiger partial charge in [-0.15, -0.1) is 0 Å². The van der Waals surface area contributed by atoms with Gasteiger partial charge < -0.3 is 5.32 Å². The molecule has 0 aliphatic heterocycles. The van der Waals surface area contributed by atoms with Crippen LogP contribution in [0.2, 0.25) is 0 Å². The van der Waals surface area contributed by atoms with Gasteiger partial charge in [0.15, 0.2) is 0 Å². The van der Waals surface area contributed by atoms with Gasteiger partial charge in [0, 0.05) is 6.04 Å². The van der Waals surface area contributed by atoms with Crippen molar-refractivity contribution in [3.63, 3.8) is 0 Å². The SMILES string of the molecule is CCCNC(CCC)Cc1ccc(F)cc1. The molecule has 0 spiro atoms. The molecule has 0 saturated heterocycles. The Morgan fingerprint density at radius 3 is 2.38 bits per heavy atom. The fraction of sp³-hybridized carbons (Fsp3) is 0.571. The van der Waals surface area contributed by atoms with Crippen LogP contribution in [0, 0.1) is 5.82 Å². The zero-order chi connectivity index (χ0) is 11.8. The van der Waals surface area contributed by atoms with Gasteiger partial charge in [-0.25, -0.2) is 4.39 Å². The van der Waals surface area contributed by atoms with Crippen LogP contribution in [0.5, 0.6) is 0 Å². The van der Waals surface area contributed by atoms with Gasteiger partial charge in [-0.1, -0.05) is 32.4 Å². The first-order valence-corrected chi connectivity index (χ1v) is 6.24. The van der Waals surface area contributed by atoms with E-state index in [-0.39, 0.29) is 5.82 Å². The molecule has 1 unspecified atom stereocenters. The lowest BCUT2D eigenvalue weighted by Gasteiger charge is -2.17. The minimum Gasteiger partial charge on any atom is -0.314 e. The van der Waals surface area contributed by atoms with Crippen molar-refractivity contribution >= 4 is 0 Å². The van der Waals surface area contributed by atoms with Gasteiger partial charge in [0.1, 0.15) is 5.82 Å². The Labute approximate surface area is 98.1 Å². The monoisotopic (exact) mass is 223 g/mol. The van der Waals surface area contributed by atoms with Gasteiger partial charge in [0.25, 0.3) is 0 Å². The summed E-state index contributed by atoms with van der Waals surface area (Å²) in [7, 11) is 0. The van der Waals surface area contributed by atoms with E-state index >= 15 is 0 Å². The summed E-state index contributed by atoms with van der Waals surface area (Å²) >= 11 is 0. The smallest absolute Gasteiger partial charge is 0.123 e. The lowest BCUT2D eigenvalue weighted by Crippen LogP contribution is -2.31. The van der Waals surface area contributed by atoms with Gasteiger partial charge in [-0.2, -0.15) is 0 Å².